The molecule has 24 heavy (non-hydrogen) atoms. The molecule has 0 saturated heterocycles. The van der Waals surface area contributed by atoms with Gasteiger partial charge in [0.1, 0.15) is 6.17 Å². The Morgan fingerprint density at radius 1 is 1.00 bits per heavy atom. The number of halogens is 1. The normalized spacial score (nSPS) is 12.1. The van der Waals surface area contributed by atoms with E-state index in [1.54, 1.807) is 19.5 Å². The number of aromatic nitrogens is 2. The molecule has 0 N–H and O–H groups in total. The van der Waals surface area contributed by atoms with Gasteiger partial charge in [-0.3, -0.25) is 0 Å². The smallest absolute Gasteiger partial charge is 0.159 e. The van der Waals surface area contributed by atoms with Gasteiger partial charge in [0.05, 0.1) is 19.5 Å². The van der Waals surface area contributed by atoms with Crippen molar-refractivity contribution in [2.75, 3.05) is 7.11 Å². The average Bonchev–Trinajstić information content (AvgIpc) is 2.64. The predicted molar refractivity (Wildman–Crippen MR) is 96.0 cm³/mol. The van der Waals surface area contributed by atoms with Crippen LogP contribution in [0.1, 0.15) is 51.0 Å². The molecule has 1 aromatic heterocycles. The van der Waals surface area contributed by atoms with Crippen LogP contribution in [0.4, 0.5) is 4.39 Å². The van der Waals surface area contributed by atoms with Crippen molar-refractivity contribution in [3.63, 3.8) is 0 Å². The van der Waals surface area contributed by atoms with Crippen molar-refractivity contribution >= 4 is 0 Å². The number of alkyl halides is 1. The highest BCUT2D eigenvalue weighted by Crippen LogP contribution is 2.19. The van der Waals surface area contributed by atoms with Crippen LogP contribution in [0.15, 0.2) is 36.7 Å². The lowest BCUT2D eigenvalue weighted by atomic mass is 10.0. The van der Waals surface area contributed by atoms with Gasteiger partial charge in [-0.15, -0.1) is 0 Å². The maximum atomic E-state index is 13.9. The molecule has 0 aliphatic rings. The van der Waals surface area contributed by atoms with Crippen molar-refractivity contribution < 1.29 is 9.13 Å². The Labute approximate surface area is 144 Å². The SMILES string of the molecule is CCCCCC[C@@H](F)CCc1ccc(-c2ncc(OC)cn2)cc1. The molecule has 1 aromatic carbocycles. The van der Waals surface area contributed by atoms with E-state index >= 15 is 0 Å². The highest BCUT2D eigenvalue weighted by atomic mass is 19.1. The molecule has 0 saturated carbocycles. The summed E-state index contributed by atoms with van der Waals surface area (Å²) in [5, 5.41) is 0. The van der Waals surface area contributed by atoms with Gasteiger partial charge < -0.3 is 4.74 Å². The molecule has 1 heterocycles. The Hall–Kier alpha value is -1.97. The molecule has 0 spiro atoms. The van der Waals surface area contributed by atoms with E-state index in [0.29, 0.717) is 24.4 Å². The first-order valence-electron chi connectivity index (χ1n) is 8.82. The number of nitrogens with zero attached hydrogens (tertiary/aromatic N) is 2. The lowest BCUT2D eigenvalue weighted by Gasteiger charge is -2.08. The quantitative estimate of drug-likeness (QED) is 0.548. The van der Waals surface area contributed by atoms with Gasteiger partial charge in [-0.1, -0.05) is 56.9 Å². The third-order valence-electron chi connectivity index (χ3n) is 4.19. The second kappa shape index (κ2) is 10.0. The molecule has 0 bridgehead atoms. The maximum Gasteiger partial charge on any atom is 0.159 e. The van der Waals surface area contributed by atoms with Gasteiger partial charge >= 0.3 is 0 Å². The van der Waals surface area contributed by atoms with Crippen molar-refractivity contribution in [2.24, 2.45) is 0 Å². The third kappa shape index (κ3) is 5.91. The Morgan fingerprint density at radius 3 is 2.33 bits per heavy atom. The fraction of sp³-hybridized carbons (Fsp3) is 0.500. The first-order valence-corrected chi connectivity index (χ1v) is 8.82. The molecule has 0 radical (unpaired) electrons. The average molecular weight is 330 g/mol. The van der Waals surface area contributed by atoms with Crippen LogP contribution in [-0.2, 0) is 6.42 Å². The first-order chi connectivity index (χ1) is 11.7. The second-order valence-electron chi connectivity index (χ2n) is 6.13. The summed E-state index contributed by atoms with van der Waals surface area (Å²) in [7, 11) is 1.59. The van der Waals surface area contributed by atoms with Gasteiger partial charge in [0.2, 0.25) is 0 Å². The van der Waals surface area contributed by atoms with Crippen LogP contribution in [0.5, 0.6) is 5.75 Å². The van der Waals surface area contributed by atoms with E-state index in [1.165, 1.54) is 12.8 Å². The summed E-state index contributed by atoms with van der Waals surface area (Å²) in [5.74, 6) is 1.31. The van der Waals surface area contributed by atoms with Crippen molar-refractivity contribution in [1.29, 1.82) is 0 Å². The van der Waals surface area contributed by atoms with Gasteiger partial charge in [0.25, 0.3) is 0 Å². The molecule has 0 aliphatic heterocycles. The lowest BCUT2D eigenvalue weighted by Crippen LogP contribution is -2.02. The predicted octanol–water partition coefficient (Wildman–Crippen LogP) is 5.39. The van der Waals surface area contributed by atoms with Crippen LogP contribution < -0.4 is 4.74 Å². The van der Waals surface area contributed by atoms with Crippen LogP contribution in [0.3, 0.4) is 0 Å². The zero-order chi connectivity index (χ0) is 17.2. The summed E-state index contributed by atoms with van der Waals surface area (Å²) in [5.41, 5.74) is 2.11. The number of aryl methyl sites for hydroxylation is 1. The zero-order valence-corrected chi connectivity index (χ0v) is 14.7. The maximum absolute atomic E-state index is 13.9. The lowest BCUT2D eigenvalue weighted by molar-refractivity contribution is 0.288. The molecular weight excluding hydrogens is 303 g/mol. The van der Waals surface area contributed by atoms with E-state index in [4.69, 9.17) is 4.74 Å². The third-order valence-corrected chi connectivity index (χ3v) is 4.19. The summed E-state index contributed by atoms with van der Waals surface area (Å²) in [6.07, 6.45) is 9.25. The number of hydrogen-bond acceptors (Lipinski definition) is 3. The van der Waals surface area contributed by atoms with Crippen molar-refractivity contribution in [1.82, 2.24) is 9.97 Å². The fourth-order valence-electron chi connectivity index (χ4n) is 2.65. The van der Waals surface area contributed by atoms with E-state index in [1.807, 2.05) is 24.3 Å². The van der Waals surface area contributed by atoms with E-state index in [2.05, 4.69) is 16.9 Å². The summed E-state index contributed by atoms with van der Waals surface area (Å²) in [6.45, 7) is 2.17. The van der Waals surface area contributed by atoms with E-state index < -0.39 is 6.17 Å². The number of hydrogen-bond donors (Lipinski definition) is 0. The standard InChI is InChI=1S/C20H27FN2O/c1-3-4-5-6-7-18(21)13-10-16-8-11-17(12-9-16)20-22-14-19(24-2)15-23-20/h8-9,11-12,14-15,18H,3-7,10,13H2,1-2H3/t18-/m1/s1. The molecule has 0 unspecified atom stereocenters. The van der Waals surface area contributed by atoms with Crippen LogP contribution in [-0.4, -0.2) is 23.2 Å². The van der Waals surface area contributed by atoms with E-state index in [-0.39, 0.29) is 0 Å². The molecule has 1 atom stereocenters. The van der Waals surface area contributed by atoms with E-state index in [9.17, 15) is 4.39 Å². The number of ether oxygens (including phenoxy) is 1. The van der Waals surface area contributed by atoms with Crippen LogP contribution in [0.2, 0.25) is 0 Å². The number of benzene rings is 1. The Kier molecular flexibility index (Phi) is 7.66. The molecule has 2 rings (SSSR count). The van der Waals surface area contributed by atoms with Gasteiger partial charge in [-0.05, 0) is 24.8 Å². The Balaban J connectivity index is 1.81. The molecular formula is C20H27FN2O. The monoisotopic (exact) mass is 330 g/mol. The van der Waals surface area contributed by atoms with Gasteiger partial charge in [-0.2, -0.15) is 0 Å². The number of unbranched alkanes of at least 4 members (excludes halogenated alkanes) is 3. The number of rotatable bonds is 10. The minimum Gasteiger partial charge on any atom is -0.494 e. The molecule has 0 amide bonds. The van der Waals surface area contributed by atoms with Crippen LogP contribution >= 0.6 is 0 Å². The summed E-state index contributed by atoms with van der Waals surface area (Å²) in [4.78, 5) is 8.55. The Morgan fingerprint density at radius 2 is 1.71 bits per heavy atom. The van der Waals surface area contributed by atoms with Crippen LogP contribution in [0, 0.1) is 0 Å². The minimum absolute atomic E-state index is 0.602. The van der Waals surface area contributed by atoms with Crippen LogP contribution in [0.25, 0.3) is 11.4 Å². The number of methoxy groups -OCH3 is 1. The first kappa shape index (κ1) is 18.4. The van der Waals surface area contributed by atoms with Crippen molar-refractivity contribution in [2.45, 2.75) is 58.0 Å². The minimum atomic E-state index is -0.688. The summed E-state index contributed by atoms with van der Waals surface area (Å²) < 4.78 is 19.0. The Bertz CT molecular complexity index is 584. The molecule has 4 heteroatoms. The van der Waals surface area contributed by atoms with Crippen molar-refractivity contribution in [3.05, 3.63) is 42.2 Å². The molecule has 130 valence electrons. The zero-order valence-electron chi connectivity index (χ0n) is 14.7. The summed E-state index contributed by atoms with van der Waals surface area (Å²) in [6, 6.07) is 8.05. The second-order valence-corrected chi connectivity index (χ2v) is 6.13. The molecule has 0 aliphatic carbocycles. The fourth-order valence-corrected chi connectivity index (χ4v) is 2.65. The highest BCUT2D eigenvalue weighted by Gasteiger charge is 2.07. The van der Waals surface area contributed by atoms with Gasteiger partial charge in [-0.25, -0.2) is 14.4 Å². The van der Waals surface area contributed by atoms with Gasteiger partial charge in [0, 0.05) is 5.56 Å². The molecule has 3 nitrogen and oxygen atoms in total. The molecule has 2 aromatic rings. The highest BCUT2D eigenvalue weighted by molar-refractivity contribution is 5.55. The summed E-state index contributed by atoms with van der Waals surface area (Å²) >= 11 is 0. The van der Waals surface area contributed by atoms with Gasteiger partial charge in [0.15, 0.2) is 11.6 Å². The topological polar surface area (TPSA) is 35.0 Å². The van der Waals surface area contributed by atoms with Crippen molar-refractivity contribution in [3.8, 4) is 17.1 Å². The van der Waals surface area contributed by atoms with E-state index in [0.717, 1.165) is 30.4 Å². The largest absolute Gasteiger partial charge is 0.494 e. The molecule has 0 fully saturated rings.